The minimum atomic E-state index is -0.103. The molecule has 0 aliphatic carbocycles. The number of nitrogens with one attached hydrogen (secondary N) is 1. The summed E-state index contributed by atoms with van der Waals surface area (Å²) in [5, 5.41) is 4.31. The smallest absolute Gasteiger partial charge is 0.220 e. The fraction of sp³-hybridized carbons (Fsp3) is 0.229. The van der Waals surface area contributed by atoms with Gasteiger partial charge in [-0.25, -0.2) is 0 Å². The van der Waals surface area contributed by atoms with E-state index in [0.717, 1.165) is 41.8 Å². The van der Waals surface area contributed by atoms with Crippen LogP contribution in [0.15, 0.2) is 115 Å². The van der Waals surface area contributed by atoms with Crippen LogP contribution in [-0.4, -0.2) is 17.0 Å². The van der Waals surface area contributed by atoms with Crippen LogP contribution < -0.4 is 10.1 Å². The Hall–Kier alpha value is -4.31. The number of unbranched alkanes of at least 4 members (excludes halogenated alkanes) is 1. The fourth-order valence-electron chi connectivity index (χ4n) is 5.10. The second-order valence-corrected chi connectivity index (χ2v) is 10.0. The average Bonchev–Trinajstić information content (AvgIpc) is 3.34. The van der Waals surface area contributed by atoms with Crippen LogP contribution in [0.3, 0.4) is 0 Å². The highest BCUT2D eigenvalue weighted by Crippen LogP contribution is 2.36. The molecule has 4 aromatic carbocycles. The number of benzene rings is 4. The number of nitrogens with zero attached hydrogens (tertiary/aromatic N) is 1. The lowest BCUT2D eigenvalue weighted by Crippen LogP contribution is -2.26. The van der Waals surface area contributed by atoms with E-state index in [0.29, 0.717) is 19.6 Å². The summed E-state index contributed by atoms with van der Waals surface area (Å²) in [4.78, 5) is 13.2. The molecular formula is C35H36N2O2. The number of fused-ring (bicyclic) bond motifs is 1. The third-order valence-electron chi connectivity index (χ3n) is 7.14. The number of rotatable bonds is 12. The first-order valence-electron chi connectivity index (χ1n) is 13.9. The normalized spacial score (nSPS) is 11.8. The Morgan fingerprint density at radius 1 is 0.846 bits per heavy atom. The Morgan fingerprint density at radius 2 is 1.56 bits per heavy atom. The molecule has 198 valence electrons. The van der Waals surface area contributed by atoms with Crippen molar-refractivity contribution in [3.05, 3.63) is 138 Å². The van der Waals surface area contributed by atoms with E-state index in [4.69, 9.17) is 4.74 Å². The van der Waals surface area contributed by atoms with Crippen molar-refractivity contribution in [2.45, 2.75) is 45.3 Å². The number of aromatic nitrogens is 1. The van der Waals surface area contributed by atoms with E-state index in [1.165, 1.54) is 16.5 Å². The van der Waals surface area contributed by atoms with Gasteiger partial charge < -0.3 is 14.6 Å². The SMILES string of the molecule is CCCCNC(=O)CC(c1cccc(OCc2ccccc2)c1)c1cn(Cc2ccccc2)c2ccccc12. The van der Waals surface area contributed by atoms with Crippen molar-refractivity contribution in [3.63, 3.8) is 0 Å². The van der Waals surface area contributed by atoms with Gasteiger partial charge in [-0.15, -0.1) is 0 Å². The molecule has 0 radical (unpaired) electrons. The maximum Gasteiger partial charge on any atom is 0.220 e. The van der Waals surface area contributed by atoms with Gasteiger partial charge in [0.2, 0.25) is 5.91 Å². The molecule has 0 saturated heterocycles. The lowest BCUT2D eigenvalue weighted by atomic mass is 9.88. The number of ether oxygens (including phenoxy) is 1. The summed E-state index contributed by atoms with van der Waals surface area (Å²) in [6, 6.07) is 37.4. The second kappa shape index (κ2) is 13.0. The third-order valence-corrected chi connectivity index (χ3v) is 7.14. The lowest BCUT2D eigenvalue weighted by molar-refractivity contribution is -0.121. The van der Waals surface area contributed by atoms with Gasteiger partial charge >= 0.3 is 0 Å². The molecule has 1 N–H and O–H groups in total. The van der Waals surface area contributed by atoms with Crippen LogP contribution in [0.25, 0.3) is 10.9 Å². The van der Waals surface area contributed by atoms with E-state index < -0.39 is 0 Å². The summed E-state index contributed by atoms with van der Waals surface area (Å²) in [7, 11) is 0. The fourth-order valence-corrected chi connectivity index (χ4v) is 5.10. The average molecular weight is 517 g/mol. The van der Waals surface area contributed by atoms with Crippen LogP contribution in [0.2, 0.25) is 0 Å². The highest BCUT2D eigenvalue weighted by Gasteiger charge is 2.23. The van der Waals surface area contributed by atoms with E-state index in [2.05, 4.69) is 95.8 Å². The van der Waals surface area contributed by atoms with Crippen molar-refractivity contribution in [2.75, 3.05) is 6.54 Å². The number of hydrogen-bond acceptors (Lipinski definition) is 2. The predicted octanol–water partition coefficient (Wildman–Crippen LogP) is 7.71. The highest BCUT2D eigenvalue weighted by molar-refractivity contribution is 5.87. The first-order chi connectivity index (χ1) is 19.2. The van der Waals surface area contributed by atoms with Crippen LogP contribution in [0.5, 0.6) is 5.75 Å². The molecule has 0 saturated carbocycles. The molecule has 4 heteroatoms. The largest absolute Gasteiger partial charge is 0.489 e. The van der Waals surface area contributed by atoms with E-state index in [9.17, 15) is 4.79 Å². The molecule has 0 spiro atoms. The van der Waals surface area contributed by atoms with E-state index in [1.54, 1.807) is 0 Å². The Balaban J connectivity index is 1.49. The molecule has 0 aliphatic heterocycles. The Morgan fingerprint density at radius 3 is 2.33 bits per heavy atom. The summed E-state index contributed by atoms with van der Waals surface area (Å²) < 4.78 is 8.47. The van der Waals surface area contributed by atoms with Crippen LogP contribution in [0, 0.1) is 0 Å². The summed E-state index contributed by atoms with van der Waals surface area (Å²) in [6.45, 7) is 4.12. The van der Waals surface area contributed by atoms with Crippen LogP contribution in [0.4, 0.5) is 0 Å². The van der Waals surface area contributed by atoms with Gasteiger partial charge in [0.05, 0.1) is 0 Å². The standard InChI is InChI=1S/C35H36N2O2/c1-2-3-21-36-35(38)23-32(29-17-12-18-30(22-29)39-26-28-15-8-5-9-16-28)33-25-37(24-27-13-6-4-7-14-27)34-20-11-10-19-31(33)34/h4-20,22,25,32H,2-3,21,23-24,26H2,1H3,(H,36,38). The Bertz CT molecular complexity index is 1490. The summed E-state index contributed by atoms with van der Waals surface area (Å²) in [5.74, 6) is 0.776. The molecule has 0 bridgehead atoms. The second-order valence-electron chi connectivity index (χ2n) is 10.0. The summed E-state index contributed by atoms with van der Waals surface area (Å²) >= 11 is 0. The Kier molecular flexibility index (Phi) is 8.75. The van der Waals surface area contributed by atoms with Crippen molar-refractivity contribution in [1.82, 2.24) is 9.88 Å². The van der Waals surface area contributed by atoms with Gasteiger partial charge in [-0.3, -0.25) is 4.79 Å². The van der Waals surface area contributed by atoms with Crippen LogP contribution in [0.1, 0.15) is 54.4 Å². The van der Waals surface area contributed by atoms with Crippen molar-refractivity contribution in [1.29, 1.82) is 0 Å². The minimum absolute atomic E-state index is 0.0731. The topological polar surface area (TPSA) is 43.3 Å². The van der Waals surface area contributed by atoms with Crippen molar-refractivity contribution in [2.24, 2.45) is 0 Å². The first-order valence-corrected chi connectivity index (χ1v) is 13.9. The van der Waals surface area contributed by atoms with E-state index in [-0.39, 0.29) is 11.8 Å². The summed E-state index contributed by atoms with van der Waals surface area (Å²) in [5.41, 5.74) is 5.78. The summed E-state index contributed by atoms with van der Waals surface area (Å²) in [6.07, 6.45) is 4.65. The molecule has 0 aliphatic rings. The number of carbonyl (C=O) groups excluding carboxylic acids is 1. The number of amides is 1. The number of para-hydroxylation sites is 1. The van der Waals surface area contributed by atoms with Gasteiger partial charge in [-0.2, -0.15) is 0 Å². The lowest BCUT2D eigenvalue weighted by Gasteiger charge is -2.18. The molecule has 1 heterocycles. The molecule has 1 aromatic heterocycles. The van der Waals surface area contributed by atoms with Gasteiger partial charge in [0.15, 0.2) is 0 Å². The van der Waals surface area contributed by atoms with Gasteiger partial charge in [0.1, 0.15) is 12.4 Å². The molecule has 1 atom stereocenters. The van der Waals surface area contributed by atoms with Crippen molar-refractivity contribution >= 4 is 16.8 Å². The number of hydrogen-bond donors (Lipinski definition) is 1. The number of carbonyl (C=O) groups is 1. The van der Waals surface area contributed by atoms with E-state index in [1.807, 2.05) is 36.4 Å². The molecule has 1 unspecified atom stereocenters. The zero-order valence-electron chi connectivity index (χ0n) is 22.6. The van der Waals surface area contributed by atoms with Crippen molar-refractivity contribution < 1.29 is 9.53 Å². The molecule has 0 fully saturated rings. The van der Waals surface area contributed by atoms with Gasteiger partial charge in [0, 0.05) is 42.5 Å². The van der Waals surface area contributed by atoms with E-state index >= 15 is 0 Å². The maximum absolute atomic E-state index is 13.2. The van der Waals surface area contributed by atoms with Crippen LogP contribution >= 0.6 is 0 Å². The van der Waals surface area contributed by atoms with Gasteiger partial charge in [-0.1, -0.05) is 104 Å². The maximum atomic E-state index is 13.2. The third kappa shape index (κ3) is 6.77. The zero-order chi connectivity index (χ0) is 26.9. The quantitative estimate of drug-likeness (QED) is 0.173. The molecular weight excluding hydrogens is 480 g/mol. The molecule has 4 nitrogen and oxygen atoms in total. The molecule has 5 aromatic rings. The highest BCUT2D eigenvalue weighted by atomic mass is 16.5. The first kappa shape index (κ1) is 26.3. The molecule has 5 rings (SSSR count). The van der Waals surface area contributed by atoms with Gasteiger partial charge in [0.25, 0.3) is 0 Å². The van der Waals surface area contributed by atoms with Crippen LogP contribution in [-0.2, 0) is 17.9 Å². The van der Waals surface area contributed by atoms with Crippen molar-refractivity contribution in [3.8, 4) is 5.75 Å². The minimum Gasteiger partial charge on any atom is -0.489 e. The predicted molar refractivity (Wildman–Crippen MR) is 159 cm³/mol. The molecule has 39 heavy (non-hydrogen) atoms. The van der Waals surface area contributed by atoms with Gasteiger partial charge in [-0.05, 0) is 46.9 Å². The monoisotopic (exact) mass is 516 g/mol. The molecule has 1 amide bonds. The Labute approximate surface area is 231 Å². The zero-order valence-corrected chi connectivity index (χ0v) is 22.6.